The van der Waals surface area contributed by atoms with Crippen LogP contribution in [0.5, 0.6) is 0 Å². The number of hydrogen-bond acceptors (Lipinski definition) is 3. The lowest BCUT2D eigenvalue weighted by Gasteiger charge is -2.21. The minimum atomic E-state index is -3.50. The first-order valence-electron chi connectivity index (χ1n) is 7.38. The summed E-state index contributed by atoms with van der Waals surface area (Å²) in [5.74, 6) is -0.477. The van der Waals surface area contributed by atoms with Crippen molar-refractivity contribution >= 4 is 37.4 Å². The van der Waals surface area contributed by atoms with Gasteiger partial charge >= 0.3 is 0 Å². The molecule has 0 aliphatic rings. The second kappa shape index (κ2) is 8.26. The van der Waals surface area contributed by atoms with Crippen LogP contribution in [0, 0.1) is 0 Å². The van der Waals surface area contributed by atoms with E-state index in [2.05, 4.69) is 22.5 Å². The van der Waals surface area contributed by atoms with Gasteiger partial charge in [-0.3, -0.25) is 4.79 Å². The van der Waals surface area contributed by atoms with Crippen molar-refractivity contribution in [2.24, 2.45) is 0 Å². The molecular weight excluding hydrogens is 390 g/mol. The van der Waals surface area contributed by atoms with Gasteiger partial charge in [0.1, 0.15) is 0 Å². The predicted molar refractivity (Wildman–Crippen MR) is 99.8 cm³/mol. The summed E-state index contributed by atoms with van der Waals surface area (Å²) in [6.07, 6.45) is 1.54. The summed E-state index contributed by atoms with van der Waals surface area (Å²) in [5.41, 5.74) is 0.725. The zero-order chi connectivity index (χ0) is 17.6. The summed E-state index contributed by atoms with van der Waals surface area (Å²) in [4.78, 5) is 14.2. The number of anilines is 1. The second-order valence-electron chi connectivity index (χ2n) is 5.15. The summed E-state index contributed by atoms with van der Waals surface area (Å²) in [6.45, 7) is 3.99. The number of carbonyl (C=O) groups is 1. The number of para-hydroxylation sites is 1. The number of rotatable bonds is 7. The third-order valence-corrected chi connectivity index (χ3v) is 5.70. The van der Waals surface area contributed by atoms with Crippen molar-refractivity contribution in [3.8, 4) is 0 Å². The molecule has 126 valence electrons. The molecule has 0 radical (unpaired) electrons. The van der Waals surface area contributed by atoms with Crippen LogP contribution >= 0.6 is 15.9 Å². The van der Waals surface area contributed by atoms with E-state index in [1.165, 1.54) is 17.0 Å². The molecule has 0 unspecified atom stereocenters. The Hall–Kier alpha value is -1.92. The van der Waals surface area contributed by atoms with Gasteiger partial charge in [0.25, 0.3) is 0 Å². The maximum absolute atomic E-state index is 12.5. The lowest BCUT2D eigenvalue weighted by atomic mass is 10.2. The first kappa shape index (κ1) is 18.4. The van der Waals surface area contributed by atoms with Crippen LogP contribution in [0.1, 0.15) is 6.42 Å². The third-order valence-electron chi connectivity index (χ3n) is 3.44. The van der Waals surface area contributed by atoms with E-state index in [4.69, 9.17) is 0 Å². The van der Waals surface area contributed by atoms with Crippen molar-refractivity contribution in [3.05, 3.63) is 71.7 Å². The minimum Gasteiger partial charge on any atom is -0.309 e. The minimum absolute atomic E-state index is 0.0822. The van der Waals surface area contributed by atoms with Gasteiger partial charge in [0.2, 0.25) is 5.91 Å². The van der Waals surface area contributed by atoms with Crippen LogP contribution in [0.3, 0.4) is 0 Å². The van der Waals surface area contributed by atoms with Gasteiger partial charge in [-0.1, -0.05) is 40.2 Å². The van der Waals surface area contributed by atoms with Crippen molar-refractivity contribution in [2.45, 2.75) is 11.3 Å². The Labute approximate surface area is 150 Å². The van der Waals surface area contributed by atoms with Crippen molar-refractivity contribution < 1.29 is 13.2 Å². The molecule has 6 heteroatoms. The summed E-state index contributed by atoms with van der Waals surface area (Å²) >= 11 is 3.27. The Morgan fingerprint density at radius 2 is 1.71 bits per heavy atom. The molecule has 24 heavy (non-hydrogen) atoms. The van der Waals surface area contributed by atoms with E-state index >= 15 is 0 Å². The molecule has 0 bridgehead atoms. The first-order chi connectivity index (χ1) is 11.4. The van der Waals surface area contributed by atoms with Crippen LogP contribution in [-0.4, -0.2) is 26.6 Å². The Bertz CT molecular complexity index is 802. The monoisotopic (exact) mass is 407 g/mol. The molecule has 0 atom stereocenters. The molecule has 0 aliphatic carbocycles. The van der Waals surface area contributed by atoms with Gasteiger partial charge in [0.05, 0.1) is 10.6 Å². The second-order valence-corrected chi connectivity index (χ2v) is 8.18. The van der Waals surface area contributed by atoms with Gasteiger partial charge in [-0.15, -0.1) is 6.58 Å². The van der Waals surface area contributed by atoms with Gasteiger partial charge in [-0.2, -0.15) is 0 Å². The van der Waals surface area contributed by atoms with E-state index in [1.54, 1.807) is 18.2 Å². The fourth-order valence-electron chi connectivity index (χ4n) is 2.20. The summed E-state index contributed by atoms with van der Waals surface area (Å²) in [5, 5.41) is 0. The molecule has 4 nitrogen and oxygen atoms in total. The number of halogens is 1. The smallest absolute Gasteiger partial charge is 0.228 e. The number of hydrogen-bond donors (Lipinski definition) is 0. The van der Waals surface area contributed by atoms with Gasteiger partial charge in [-0.05, 0) is 36.4 Å². The fraction of sp³-hybridized carbons (Fsp3) is 0.167. The molecule has 0 saturated heterocycles. The zero-order valence-electron chi connectivity index (χ0n) is 13.1. The highest BCUT2D eigenvalue weighted by Gasteiger charge is 2.20. The lowest BCUT2D eigenvalue weighted by molar-refractivity contribution is -0.118. The Morgan fingerprint density at radius 3 is 2.29 bits per heavy atom. The van der Waals surface area contributed by atoms with Gasteiger partial charge < -0.3 is 4.90 Å². The number of amides is 1. The Kier molecular flexibility index (Phi) is 6.34. The third kappa shape index (κ3) is 4.79. The van der Waals surface area contributed by atoms with Crippen LogP contribution < -0.4 is 4.90 Å². The van der Waals surface area contributed by atoms with E-state index in [0.29, 0.717) is 6.54 Å². The van der Waals surface area contributed by atoms with Crippen molar-refractivity contribution in [2.75, 3.05) is 17.2 Å². The summed E-state index contributed by atoms with van der Waals surface area (Å²) in [6, 6.07) is 15.5. The molecule has 2 aromatic rings. The van der Waals surface area contributed by atoms with E-state index in [1.807, 2.05) is 30.3 Å². The van der Waals surface area contributed by atoms with E-state index < -0.39 is 9.84 Å². The molecule has 2 aromatic carbocycles. The highest BCUT2D eigenvalue weighted by molar-refractivity contribution is 9.10. The van der Waals surface area contributed by atoms with Crippen molar-refractivity contribution in [1.82, 2.24) is 0 Å². The predicted octanol–water partition coefficient (Wildman–Crippen LogP) is 3.83. The van der Waals surface area contributed by atoms with Crippen molar-refractivity contribution in [1.29, 1.82) is 0 Å². The maximum Gasteiger partial charge on any atom is 0.228 e. The summed E-state index contributed by atoms with van der Waals surface area (Å²) < 4.78 is 25.5. The van der Waals surface area contributed by atoms with E-state index in [9.17, 15) is 13.2 Å². The molecule has 0 heterocycles. The first-order valence-corrected chi connectivity index (χ1v) is 9.83. The molecule has 0 saturated carbocycles. The average Bonchev–Trinajstić information content (AvgIpc) is 2.59. The average molecular weight is 408 g/mol. The van der Waals surface area contributed by atoms with Crippen LogP contribution in [0.2, 0.25) is 0 Å². The van der Waals surface area contributed by atoms with E-state index in [0.717, 1.165) is 10.2 Å². The highest BCUT2D eigenvalue weighted by Crippen LogP contribution is 2.18. The maximum atomic E-state index is 12.5. The van der Waals surface area contributed by atoms with Crippen LogP contribution in [0.25, 0.3) is 0 Å². The number of sulfone groups is 1. The Balaban J connectivity index is 2.10. The van der Waals surface area contributed by atoms with E-state index in [-0.39, 0.29) is 23.0 Å². The quantitative estimate of drug-likeness (QED) is 0.655. The van der Waals surface area contributed by atoms with Crippen LogP contribution in [0.4, 0.5) is 5.69 Å². The lowest BCUT2D eigenvalue weighted by Crippen LogP contribution is -2.32. The number of benzene rings is 2. The molecule has 0 spiro atoms. The van der Waals surface area contributed by atoms with Crippen molar-refractivity contribution in [3.63, 3.8) is 0 Å². The highest BCUT2D eigenvalue weighted by atomic mass is 79.9. The van der Waals surface area contributed by atoms with Crippen LogP contribution in [0.15, 0.2) is 76.6 Å². The van der Waals surface area contributed by atoms with Gasteiger partial charge in [-0.25, -0.2) is 8.42 Å². The largest absolute Gasteiger partial charge is 0.309 e. The van der Waals surface area contributed by atoms with Gasteiger partial charge in [0, 0.05) is 23.1 Å². The molecule has 0 fully saturated rings. The molecular formula is C18H18BrNO3S. The standard InChI is InChI=1S/C18H18BrNO3S/c1-2-13-20(16-6-4-3-5-7-16)18(21)12-14-24(22,23)17-10-8-15(19)9-11-17/h2-11H,1,12-14H2. The SMILES string of the molecule is C=CCN(C(=O)CCS(=O)(=O)c1ccc(Br)cc1)c1ccccc1. The van der Waals surface area contributed by atoms with Crippen LogP contribution in [-0.2, 0) is 14.6 Å². The molecule has 2 rings (SSSR count). The topological polar surface area (TPSA) is 54.5 Å². The zero-order valence-corrected chi connectivity index (χ0v) is 15.5. The molecule has 0 aliphatic heterocycles. The normalized spacial score (nSPS) is 11.0. The number of nitrogens with zero attached hydrogens (tertiary/aromatic N) is 1. The fourth-order valence-corrected chi connectivity index (χ4v) is 3.70. The van der Waals surface area contributed by atoms with Gasteiger partial charge in [0.15, 0.2) is 9.84 Å². The molecule has 0 aromatic heterocycles. The number of carbonyl (C=O) groups excluding carboxylic acids is 1. The molecule has 0 N–H and O–H groups in total. The summed E-state index contributed by atoms with van der Waals surface area (Å²) in [7, 11) is -3.50. The Morgan fingerprint density at radius 1 is 1.08 bits per heavy atom. The molecule has 1 amide bonds.